The molecule has 2 heterocycles. The van der Waals surface area contributed by atoms with Gasteiger partial charge < -0.3 is 15.0 Å². The maximum absolute atomic E-state index is 13.0. The number of carbonyl (C=O) groups excluding carboxylic acids is 2. The smallest absolute Gasteiger partial charge is 0.408 e. The number of hydrogen-bond donors (Lipinski definition) is 3. The van der Waals surface area contributed by atoms with Gasteiger partial charge in [0, 0.05) is 41.5 Å². The van der Waals surface area contributed by atoms with Gasteiger partial charge in [0.15, 0.2) is 0 Å². The summed E-state index contributed by atoms with van der Waals surface area (Å²) in [6, 6.07) is 12.4. The van der Waals surface area contributed by atoms with Crippen molar-refractivity contribution < 1.29 is 14.3 Å². The Morgan fingerprint density at radius 2 is 1.91 bits per heavy atom. The van der Waals surface area contributed by atoms with E-state index in [1.165, 1.54) is 6.21 Å². The number of hydrazone groups is 1. The molecule has 0 fully saturated rings. The van der Waals surface area contributed by atoms with Gasteiger partial charge in [-0.2, -0.15) is 5.10 Å². The van der Waals surface area contributed by atoms with Gasteiger partial charge in [0.1, 0.15) is 11.6 Å². The van der Waals surface area contributed by atoms with Gasteiger partial charge in [-0.1, -0.05) is 30.3 Å². The van der Waals surface area contributed by atoms with Gasteiger partial charge in [0.25, 0.3) is 5.91 Å². The van der Waals surface area contributed by atoms with Crippen LogP contribution in [0.15, 0.2) is 66.2 Å². The average Bonchev–Trinajstić information content (AvgIpc) is 3.20. The number of benzene rings is 2. The molecule has 4 rings (SSSR count). The van der Waals surface area contributed by atoms with Gasteiger partial charge in [0.2, 0.25) is 0 Å². The number of aromatic amines is 1. The number of alkyl carbamates (subject to hydrolysis) is 1. The fourth-order valence-corrected chi connectivity index (χ4v) is 3.54. The van der Waals surface area contributed by atoms with E-state index in [4.69, 9.17) is 4.74 Å². The van der Waals surface area contributed by atoms with Crippen LogP contribution in [0, 0.1) is 0 Å². The van der Waals surface area contributed by atoms with Crippen molar-refractivity contribution >= 4 is 40.2 Å². The Morgan fingerprint density at radius 1 is 1.12 bits per heavy atom. The first kappa shape index (κ1) is 22.9. The number of ether oxygens (including phenoxy) is 1. The van der Waals surface area contributed by atoms with Gasteiger partial charge in [0.05, 0.1) is 17.2 Å². The molecule has 4 aromatic rings. The fourth-order valence-electron chi connectivity index (χ4n) is 3.54. The molecule has 0 spiro atoms. The zero-order chi connectivity index (χ0) is 24.1. The second kappa shape index (κ2) is 9.70. The number of para-hydroxylation sites is 2. The largest absolute Gasteiger partial charge is 0.444 e. The molecule has 3 N–H and O–H groups in total. The lowest BCUT2D eigenvalue weighted by Crippen LogP contribution is -2.48. The lowest BCUT2D eigenvalue weighted by Gasteiger charge is -2.22. The lowest BCUT2D eigenvalue weighted by atomic mass is 10.0. The van der Waals surface area contributed by atoms with E-state index < -0.39 is 23.6 Å². The fraction of sp³-hybridized carbons (Fsp3) is 0.240. The molecule has 0 saturated carbocycles. The molecule has 34 heavy (non-hydrogen) atoms. The molecule has 0 saturated heterocycles. The SMILES string of the molecule is CC(C)(C)OC(=O)N[C@@H](Cc1c[nH]c2ccccc12)C(=O)N/N=C\c1cccc2nccnc12. The van der Waals surface area contributed by atoms with Crippen LogP contribution in [0.2, 0.25) is 0 Å². The highest BCUT2D eigenvalue weighted by Gasteiger charge is 2.25. The van der Waals surface area contributed by atoms with Crippen molar-refractivity contribution in [1.82, 2.24) is 25.7 Å². The monoisotopic (exact) mass is 458 g/mol. The summed E-state index contributed by atoms with van der Waals surface area (Å²) >= 11 is 0. The standard InChI is InChI=1S/C25H26N6O3/c1-25(2,3)34-24(33)30-21(13-17-14-28-19-9-5-4-8-18(17)19)23(32)31-29-15-16-7-6-10-20-22(16)27-12-11-26-20/h4-12,14-15,21,28H,13H2,1-3H3,(H,30,33)(H,31,32)/b29-15-/t21-/m0/s1. The number of nitrogens with zero attached hydrogens (tertiary/aromatic N) is 3. The van der Waals surface area contributed by atoms with Crippen molar-refractivity contribution in [1.29, 1.82) is 0 Å². The summed E-state index contributed by atoms with van der Waals surface area (Å²) < 4.78 is 5.36. The number of hydrogen-bond acceptors (Lipinski definition) is 6. The number of nitrogens with one attached hydrogen (secondary N) is 3. The predicted molar refractivity (Wildman–Crippen MR) is 130 cm³/mol. The summed E-state index contributed by atoms with van der Waals surface area (Å²) in [4.78, 5) is 37.2. The van der Waals surface area contributed by atoms with E-state index in [2.05, 4.69) is 30.8 Å². The topological polar surface area (TPSA) is 121 Å². The Morgan fingerprint density at radius 3 is 2.74 bits per heavy atom. The summed E-state index contributed by atoms with van der Waals surface area (Å²) in [5.41, 5.74) is 5.77. The molecule has 1 atom stereocenters. The van der Waals surface area contributed by atoms with Crippen LogP contribution in [0.4, 0.5) is 4.79 Å². The second-order valence-electron chi connectivity index (χ2n) is 8.77. The van der Waals surface area contributed by atoms with E-state index in [-0.39, 0.29) is 6.42 Å². The van der Waals surface area contributed by atoms with Gasteiger partial charge in [-0.05, 0) is 38.5 Å². The van der Waals surface area contributed by atoms with Crippen LogP contribution < -0.4 is 10.7 Å². The molecule has 174 valence electrons. The third-order valence-electron chi connectivity index (χ3n) is 5.01. The zero-order valence-electron chi connectivity index (χ0n) is 19.2. The lowest BCUT2D eigenvalue weighted by molar-refractivity contribution is -0.123. The summed E-state index contributed by atoms with van der Waals surface area (Å²) in [6.45, 7) is 5.29. The Labute approximate surface area is 196 Å². The summed E-state index contributed by atoms with van der Waals surface area (Å²) in [6.07, 6.45) is 6.12. The number of aromatic nitrogens is 3. The van der Waals surface area contributed by atoms with Crippen molar-refractivity contribution in [2.24, 2.45) is 5.10 Å². The number of rotatable bonds is 6. The van der Waals surface area contributed by atoms with Gasteiger partial charge in [-0.3, -0.25) is 14.8 Å². The molecule has 9 heteroatoms. The minimum atomic E-state index is -0.904. The van der Waals surface area contributed by atoms with Crippen LogP contribution in [-0.4, -0.2) is 44.8 Å². The Bertz CT molecular complexity index is 1350. The molecule has 9 nitrogen and oxygen atoms in total. The summed E-state index contributed by atoms with van der Waals surface area (Å²) in [5.74, 6) is -0.473. The van der Waals surface area contributed by atoms with Gasteiger partial charge in [-0.15, -0.1) is 0 Å². The number of fused-ring (bicyclic) bond motifs is 2. The van der Waals surface area contributed by atoms with Crippen molar-refractivity contribution in [3.63, 3.8) is 0 Å². The third kappa shape index (κ3) is 5.55. The van der Waals surface area contributed by atoms with Crippen LogP contribution in [0.3, 0.4) is 0 Å². The van der Waals surface area contributed by atoms with Crippen LogP contribution in [0.25, 0.3) is 21.9 Å². The number of amides is 2. The van der Waals surface area contributed by atoms with Crippen molar-refractivity contribution in [3.05, 3.63) is 72.2 Å². The molecule has 0 aliphatic carbocycles. The molecular weight excluding hydrogens is 432 g/mol. The summed E-state index contributed by atoms with van der Waals surface area (Å²) in [5, 5.41) is 7.74. The Hall–Kier alpha value is -4.27. The average molecular weight is 459 g/mol. The third-order valence-corrected chi connectivity index (χ3v) is 5.01. The molecule has 2 aromatic carbocycles. The Balaban J connectivity index is 1.52. The maximum atomic E-state index is 13.0. The van der Waals surface area contributed by atoms with Crippen molar-refractivity contribution in [2.75, 3.05) is 0 Å². The molecule has 2 aromatic heterocycles. The van der Waals surface area contributed by atoms with Crippen LogP contribution in [0.5, 0.6) is 0 Å². The number of carbonyl (C=O) groups is 2. The second-order valence-corrected chi connectivity index (χ2v) is 8.77. The molecule has 0 bridgehead atoms. The highest BCUT2D eigenvalue weighted by molar-refractivity contribution is 5.96. The van der Waals surface area contributed by atoms with Gasteiger partial charge >= 0.3 is 6.09 Å². The predicted octanol–water partition coefficient (Wildman–Crippen LogP) is 3.70. The molecule has 2 amide bonds. The molecule has 0 unspecified atom stereocenters. The summed E-state index contributed by atoms with van der Waals surface area (Å²) in [7, 11) is 0. The van der Waals surface area contributed by atoms with E-state index in [9.17, 15) is 9.59 Å². The van der Waals surface area contributed by atoms with Crippen molar-refractivity contribution in [2.45, 2.75) is 38.8 Å². The quantitative estimate of drug-likeness (QED) is 0.300. The zero-order valence-corrected chi connectivity index (χ0v) is 19.2. The highest BCUT2D eigenvalue weighted by Crippen LogP contribution is 2.19. The normalized spacial score (nSPS) is 12.7. The minimum absolute atomic E-state index is 0.254. The van der Waals surface area contributed by atoms with E-state index in [0.717, 1.165) is 22.0 Å². The van der Waals surface area contributed by atoms with Gasteiger partial charge in [-0.25, -0.2) is 10.2 Å². The van der Waals surface area contributed by atoms with Crippen molar-refractivity contribution in [3.8, 4) is 0 Å². The van der Waals surface area contributed by atoms with E-state index in [1.54, 1.807) is 33.2 Å². The maximum Gasteiger partial charge on any atom is 0.408 e. The van der Waals surface area contributed by atoms with E-state index in [1.807, 2.05) is 48.7 Å². The van der Waals surface area contributed by atoms with Crippen LogP contribution >= 0.6 is 0 Å². The highest BCUT2D eigenvalue weighted by atomic mass is 16.6. The van der Waals surface area contributed by atoms with E-state index >= 15 is 0 Å². The first-order valence-electron chi connectivity index (χ1n) is 10.9. The minimum Gasteiger partial charge on any atom is -0.444 e. The van der Waals surface area contributed by atoms with Crippen LogP contribution in [-0.2, 0) is 16.0 Å². The molecule has 0 aliphatic rings. The molecular formula is C25H26N6O3. The molecule has 0 aliphatic heterocycles. The van der Waals surface area contributed by atoms with Crippen LogP contribution in [0.1, 0.15) is 31.9 Å². The van der Waals surface area contributed by atoms with E-state index in [0.29, 0.717) is 11.1 Å². The first-order chi connectivity index (χ1) is 16.3. The first-order valence-corrected chi connectivity index (χ1v) is 10.9. The molecule has 0 radical (unpaired) electrons. The number of H-pyrrole nitrogens is 1. The Kier molecular flexibility index (Phi) is 6.53.